The van der Waals surface area contributed by atoms with Crippen LogP contribution in [0.3, 0.4) is 0 Å². The number of rotatable bonds is 4. The Morgan fingerprint density at radius 2 is 1.89 bits per heavy atom. The Bertz CT molecular complexity index is 845. The molecular formula is C18H19F3N4O2S. The van der Waals surface area contributed by atoms with Gasteiger partial charge in [0.2, 0.25) is 0 Å². The lowest BCUT2D eigenvalue weighted by atomic mass is 9.79. The number of amides is 1. The van der Waals surface area contributed by atoms with Crippen molar-refractivity contribution in [3.8, 4) is 0 Å². The zero-order valence-electron chi connectivity index (χ0n) is 15.1. The van der Waals surface area contributed by atoms with E-state index in [1.807, 2.05) is 0 Å². The zero-order chi connectivity index (χ0) is 19.9. The summed E-state index contributed by atoms with van der Waals surface area (Å²) in [4.78, 5) is 15.6. The van der Waals surface area contributed by atoms with Crippen LogP contribution in [-0.4, -0.2) is 46.2 Å². The minimum atomic E-state index is -4.67. The molecule has 3 saturated heterocycles. The third-order valence-corrected chi connectivity index (χ3v) is 6.29. The number of fused-ring (bicyclic) bond motifs is 3. The number of alkyl halides is 3. The first kappa shape index (κ1) is 19.3. The molecule has 1 aromatic carbocycles. The van der Waals surface area contributed by atoms with E-state index in [0.717, 1.165) is 37.7 Å². The molecule has 150 valence electrons. The third-order valence-electron chi connectivity index (χ3n) is 5.45. The zero-order valence-corrected chi connectivity index (χ0v) is 15.9. The Morgan fingerprint density at radius 3 is 2.46 bits per heavy atom. The van der Waals surface area contributed by atoms with Gasteiger partial charge in [0, 0.05) is 22.5 Å². The normalized spacial score (nSPS) is 27.0. The summed E-state index contributed by atoms with van der Waals surface area (Å²) >= 11 is 0.912. The predicted octanol–water partition coefficient (Wildman–Crippen LogP) is 3.45. The van der Waals surface area contributed by atoms with E-state index in [4.69, 9.17) is 0 Å². The van der Waals surface area contributed by atoms with Gasteiger partial charge in [0.25, 0.3) is 11.1 Å². The van der Waals surface area contributed by atoms with Crippen LogP contribution in [-0.2, 0) is 6.18 Å². The van der Waals surface area contributed by atoms with Crippen LogP contribution in [0, 0.1) is 5.92 Å². The smallest absolute Gasteiger partial charge is 0.407 e. The third kappa shape index (κ3) is 3.88. The molecule has 2 aromatic rings. The Balaban J connectivity index is 1.39. The first-order chi connectivity index (χ1) is 13.3. The number of carbonyl (C=O) groups excluding carboxylic acids is 1. The molecule has 5 rings (SSSR count). The molecule has 3 aliphatic heterocycles. The van der Waals surface area contributed by atoms with Gasteiger partial charge in [-0.25, -0.2) is 0 Å². The van der Waals surface area contributed by atoms with E-state index in [2.05, 4.69) is 31.8 Å². The fourth-order valence-electron chi connectivity index (χ4n) is 3.92. The van der Waals surface area contributed by atoms with Crippen molar-refractivity contribution in [1.82, 2.24) is 20.4 Å². The van der Waals surface area contributed by atoms with Crippen molar-refractivity contribution in [3.05, 3.63) is 35.7 Å². The number of halogens is 3. The number of piperidine rings is 3. The summed E-state index contributed by atoms with van der Waals surface area (Å²) in [5.41, 5.74) is 0.509. The van der Waals surface area contributed by atoms with E-state index in [-0.39, 0.29) is 17.2 Å². The van der Waals surface area contributed by atoms with E-state index >= 15 is 0 Å². The lowest BCUT2D eigenvalue weighted by Crippen LogP contribution is -2.62. The largest absolute Gasteiger partial charge is 0.470 e. The van der Waals surface area contributed by atoms with Crippen LogP contribution in [0.2, 0.25) is 0 Å². The van der Waals surface area contributed by atoms with E-state index in [1.165, 1.54) is 0 Å². The molecule has 0 radical (unpaired) electrons. The van der Waals surface area contributed by atoms with Crippen LogP contribution >= 0.6 is 11.8 Å². The Hall–Kier alpha value is -2.07. The summed E-state index contributed by atoms with van der Waals surface area (Å²) in [6, 6.07) is 7.05. The number of hydrogen-bond acceptors (Lipinski definition) is 6. The van der Waals surface area contributed by atoms with Gasteiger partial charge in [0.1, 0.15) is 0 Å². The van der Waals surface area contributed by atoms with Gasteiger partial charge in [-0.05, 0) is 74.8 Å². The molecular weight excluding hydrogens is 393 g/mol. The highest BCUT2D eigenvalue weighted by atomic mass is 32.2. The molecule has 3 fully saturated rings. The number of carbonyl (C=O) groups is 1. The second-order valence-corrected chi connectivity index (χ2v) is 8.14. The molecule has 1 aromatic heterocycles. The Morgan fingerprint density at radius 1 is 1.21 bits per heavy atom. The molecule has 0 unspecified atom stereocenters. The Kier molecular flexibility index (Phi) is 5.09. The van der Waals surface area contributed by atoms with E-state index < -0.39 is 12.1 Å². The average molecular weight is 412 g/mol. The number of nitrogens with one attached hydrogen (secondary N) is 1. The van der Waals surface area contributed by atoms with Gasteiger partial charge in [-0.15, -0.1) is 10.2 Å². The summed E-state index contributed by atoms with van der Waals surface area (Å²) in [6.07, 6.45) is -2.45. The minimum absolute atomic E-state index is 0.140. The standard InChI is InChI=1S/C18H19F3N4O2S/c1-10-14(11-6-8-25(10)9-7-11)22-15(26)12-2-4-13(5-3-12)28-17-24-23-16(27-17)18(19,20)21/h2-5,10-11,14H,6-9H2,1H3,(H,22,26)/t10-,14+/m1/s1. The summed E-state index contributed by atoms with van der Waals surface area (Å²) in [6.45, 7) is 4.33. The van der Waals surface area contributed by atoms with Crippen molar-refractivity contribution < 1.29 is 22.4 Å². The van der Waals surface area contributed by atoms with Crippen molar-refractivity contribution in [2.45, 2.75) is 48.1 Å². The summed E-state index contributed by atoms with van der Waals surface area (Å²) in [5.74, 6) is -1.00. The maximum atomic E-state index is 12.6. The van der Waals surface area contributed by atoms with Crippen molar-refractivity contribution in [1.29, 1.82) is 0 Å². The maximum Gasteiger partial charge on any atom is 0.470 e. The molecule has 6 nitrogen and oxygen atoms in total. The highest BCUT2D eigenvalue weighted by molar-refractivity contribution is 7.99. The van der Waals surface area contributed by atoms with Gasteiger partial charge in [0.15, 0.2) is 0 Å². The number of hydrogen-bond donors (Lipinski definition) is 1. The van der Waals surface area contributed by atoms with Crippen molar-refractivity contribution in [2.75, 3.05) is 13.1 Å². The van der Waals surface area contributed by atoms with E-state index in [0.29, 0.717) is 22.4 Å². The van der Waals surface area contributed by atoms with Crippen LogP contribution in [0.1, 0.15) is 36.0 Å². The van der Waals surface area contributed by atoms with Gasteiger partial charge < -0.3 is 9.73 Å². The van der Waals surface area contributed by atoms with E-state index in [1.54, 1.807) is 24.3 Å². The van der Waals surface area contributed by atoms with Crippen LogP contribution in [0.5, 0.6) is 0 Å². The maximum absolute atomic E-state index is 12.6. The predicted molar refractivity (Wildman–Crippen MR) is 94.9 cm³/mol. The van der Waals surface area contributed by atoms with Gasteiger partial charge in [0.05, 0.1) is 0 Å². The quantitative estimate of drug-likeness (QED) is 0.830. The van der Waals surface area contributed by atoms with Crippen LogP contribution in [0.15, 0.2) is 38.8 Å². The highest BCUT2D eigenvalue weighted by Gasteiger charge is 2.40. The van der Waals surface area contributed by atoms with Crippen molar-refractivity contribution in [3.63, 3.8) is 0 Å². The molecule has 1 N–H and O–H groups in total. The topological polar surface area (TPSA) is 71.3 Å². The summed E-state index contributed by atoms with van der Waals surface area (Å²) in [7, 11) is 0. The van der Waals surface area contributed by atoms with Gasteiger partial charge in [-0.3, -0.25) is 9.69 Å². The SMILES string of the molecule is C[C@@H]1[C@H](NC(=O)c2ccc(Sc3nnc(C(F)(F)F)o3)cc2)C2CCN1CC2. The second-order valence-electron chi connectivity index (χ2n) is 7.11. The van der Waals surface area contributed by atoms with Crippen LogP contribution < -0.4 is 5.32 Å². The molecule has 0 saturated carbocycles. The fraction of sp³-hybridized carbons (Fsp3) is 0.500. The average Bonchev–Trinajstić information content (AvgIpc) is 3.14. The van der Waals surface area contributed by atoms with Crippen LogP contribution in [0.4, 0.5) is 13.2 Å². The molecule has 0 aliphatic carbocycles. The first-order valence-corrected chi connectivity index (χ1v) is 9.86. The van der Waals surface area contributed by atoms with Gasteiger partial charge in [-0.1, -0.05) is 0 Å². The van der Waals surface area contributed by atoms with Gasteiger partial charge in [-0.2, -0.15) is 13.2 Å². The molecule has 0 spiro atoms. The molecule has 1 amide bonds. The second kappa shape index (κ2) is 7.40. The molecule has 2 bridgehead atoms. The number of nitrogens with zero attached hydrogens (tertiary/aromatic N) is 3. The lowest BCUT2D eigenvalue weighted by molar-refractivity contribution is -0.158. The molecule has 10 heteroatoms. The summed E-state index contributed by atoms with van der Waals surface area (Å²) < 4.78 is 42.1. The number of benzene rings is 1. The lowest BCUT2D eigenvalue weighted by Gasteiger charge is -2.49. The molecule has 4 heterocycles. The fourth-order valence-corrected chi connectivity index (χ4v) is 4.60. The minimum Gasteiger partial charge on any atom is -0.407 e. The molecule has 2 atom stereocenters. The first-order valence-electron chi connectivity index (χ1n) is 9.05. The van der Waals surface area contributed by atoms with Crippen molar-refractivity contribution >= 4 is 17.7 Å². The van der Waals surface area contributed by atoms with Crippen molar-refractivity contribution in [2.24, 2.45) is 5.92 Å². The number of aromatic nitrogens is 2. The Labute approximate surface area is 163 Å². The molecule has 28 heavy (non-hydrogen) atoms. The van der Waals surface area contributed by atoms with Gasteiger partial charge >= 0.3 is 12.1 Å². The van der Waals surface area contributed by atoms with E-state index in [9.17, 15) is 18.0 Å². The summed E-state index contributed by atoms with van der Waals surface area (Å²) in [5, 5.41) is 9.32. The van der Waals surface area contributed by atoms with Crippen LogP contribution in [0.25, 0.3) is 0 Å². The monoisotopic (exact) mass is 412 g/mol. The molecule has 3 aliphatic rings. The highest BCUT2D eigenvalue weighted by Crippen LogP contribution is 2.34.